The van der Waals surface area contributed by atoms with Gasteiger partial charge in [0.2, 0.25) is 0 Å². The van der Waals surface area contributed by atoms with Gasteiger partial charge in [-0.2, -0.15) is 5.10 Å². The molecule has 0 fully saturated rings. The lowest BCUT2D eigenvalue weighted by molar-refractivity contribution is -0.123. The number of aromatic nitrogens is 2. The van der Waals surface area contributed by atoms with Crippen molar-refractivity contribution in [2.45, 2.75) is 13.0 Å². The summed E-state index contributed by atoms with van der Waals surface area (Å²) in [5.74, 6) is 0.0237. The highest BCUT2D eigenvalue weighted by atomic mass is 16.2. The van der Waals surface area contributed by atoms with Crippen LogP contribution in [-0.4, -0.2) is 21.7 Å². The van der Waals surface area contributed by atoms with E-state index in [4.69, 9.17) is 0 Å². The van der Waals surface area contributed by atoms with Gasteiger partial charge in [0.1, 0.15) is 11.9 Å². The second-order valence-electron chi connectivity index (χ2n) is 7.19. The van der Waals surface area contributed by atoms with Gasteiger partial charge in [0.25, 0.3) is 11.5 Å². The quantitative estimate of drug-likeness (QED) is 0.369. The number of carbonyl (C=O) groups is 1. The summed E-state index contributed by atoms with van der Waals surface area (Å²) in [5.41, 5.74) is 4.61. The molecule has 0 aliphatic heterocycles. The molecular formula is C26H22N4O2. The van der Waals surface area contributed by atoms with Gasteiger partial charge < -0.3 is 0 Å². The Morgan fingerprint density at radius 3 is 2.38 bits per heavy atom. The second-order valence-corrected chi connectivity index (χ2v) is 7.19. The summed E-state index contributed by atoms with van der Waals surface area (Å²) in [6, 6.07) is 25.4. The van der Waals surface area contributed by atoms with Crippen molar-refractivity contribution in [1.82, 2.24) is 15.0 Å². The third-order valence-corrected chi connectivity index (χ3v) is 5.03. The highest BCUT2D eigenvalue weighted by molar-refractivity contribution is 5.85. The van der Waals surface area contributed by atoms with Crippen molar-refractivity contribution in [3.8, 4) is 11.4 Å². The summed E-state index contributed by atoms with van der Waals surface area (Å²) in [7, 11) is 0. The van der Waals surface area contributed by atoms with Crippen LogP contribution in [0.2, 0.25) is 0 Å². The van der Waals surface area contributed by atoms with Gasteiger partial charge in [0.05, 0.1) is 10.9 Å². The van der Waals surface area contributed by atoms with Crippen LogP contribution in [0.5, 0.6) is 0 Å². The molecule has 1 heterocycles. The number of rotatable bonds is 6. The minimum Gasteiger partial charge on any atom is -0.280 e. The largest absolute Gasteiger partial charge is 0.280 e. The molecule has 0 spiro atoms. The van der Waals surface area contributed by atoms with Crippen LogP contribution in [0.1, 0.15) is 18.5 Å². The molecule has 0 bridgehead atoms. The summed E-state index contributed by atoms with van der Waals surface area (Å²) in [5, 5.41) is 4.44. The van der Waals surface area contributed by atoms with E-state index in [2.05, 4.69) is 15.5 Å². The van der Waals surface area contributed by atoms with Crippen LogP contribution in [0.25, 0.3) is 28.4 Å². The van der Waals surface area contributed by atoms with E-state index >= 15 is 0 Å². The van der Waals surface area contributed by atoms with Crippen molar-refractivity contribution in [3.63, 3.8) is 0 Å². The Morgan fingerprint density at radius 1 is 0.969 bits per heavy atom. The monoisotopic (exact) mass is 422 g/mol. The first-order valence-electron chi connectivity index (χ1n) is 10.3. The molecular weight excluding hydrogens is 400 g/mol. The third kappa shape index (κ3) is 4.54. The van der Waals surface area contributed by atoms with Crippen LogP contribution in [0.4, 0.5) is 0 Å². The molecule has 32 heavy (non-hydrogen) atoms. The van der Waals surface area contributed by atoms with E-state index in [9.17, 15) is 9.59 Å². The van der Waals surface area contributed by atoms with Crippen LogP contribution in [0.15, 0.2) is 101 Å². The molecule has 1 N–H and O–H groups in total. The first kappa shape index (κ1) is 20.9. The van der Waals surface area contributed by atoms with Crippen LogP contribution >= 0.6 is 0 Å². The molecule has 6 nitrogen and oxygen atoms in total. The fourth-order valence-electron chi connectivity index (χ4n) is 3.37. The van der Waals surface area contributed by atoms with Crippen molar-refractivity contribution in [1.29, 1.82) is 0 Å². The molecule has 3 aromatic carbocycles. The van der Waals surface area contributed by atoms with Gasteiger partial charge in [-0.3, -0.25) is 14.2 Å². The number of allylic oxidation sites excluding steroid dienone is 1. The molecule has 0 aliphatic carbocycles. The van der Waals surface area contributed by atoms with E-state index in [0.717, 1.165) is 11.1 Å². The molecule has 4 rings (SSSR count). The van der Waals surface area contributed by atoms with Crippen molar-refractivity contribution >= 4 is 29.1 Å². The number of amides is 1. The van der Waals surface area contributed by atoms with Gasteiger partial charge in [-0.15, -0.1) is 0 Å². The van der Waals surface area contributed by atoms with Gasteiger partial charge in [-0.1, -0.05) is 78.9 Å². The highest BCUT2D eigenvalue weighted by Crippen LogP contribution is 2.21. The van der Waals surface area contributed by atoms with Gasteiger partial charge in [-0.25, -0.2) is 10.4 Å². The maximum Gasteiger partial charge on any atom is 0.263 e. The number of carbonyl (C=O) groups excluding carboxylic acids is 1. The number of hydrazone groups is 1. The SMILES string of the molecule is C[C@H](C(=O)NN=C/C=C/c1ccccc1)n1c(-c2ccccc2)nc2ccccc2c1=O. The Bertz CT molecular complexity index is 1340. The van der Waals surface area contributed by atoms with E-state index in [1.54, 1.807) is 31.2 Å². The summed E-state index contributed by atoms with van der Waals surface area (Å²) in [6.45, 7) is 1.66. The van der Waals surface area contributed by atoms with E-state index in [0.29, 0.717) is 16.7 Å². The fourth-order valence-corrected chi connectivity index (χ4v) is 3.37. The Balaban J connectivity index is 1.62. The molecule has 1 atom stereocenters. The van der Waals surface area contributed by atoms with Gasteiger partial charge in [0.15, 0.2) is 0 Å². The standard InChI is InChI=1S/C26H22N4O2/c1-19(25(31)29-27-18-10-13-20-11-4-2-5-12-20)30-24(21-14-6-3-7-15-21)28-23-17-9-8-16-22(23)26(30)32/h2-19H,1H3,(H,29,31)/b13-10+,27-18?/t19-/m1/s1. The third-order valence-electron chi connectivity index (χ3n) is 5.03. The fraction of sp³-hybridized carbons (Fsp3) is 0.0769. The molecule has 0 radical (unpaired) electrons. The maximum atomic E-state index is 13.3. The Morgan fingerprint density at radius 2 is 1.62 bits per heavy atom. The first-order chi connectivity index (χ1) is 15.6. The summed E-state index contributed by atoms with van der Waals surface area (Å²) >= 11 is 0. The van der Waals surface area contributed by atoms with Crippen molar-refractivity contribution in [3.05, 3.63) is 107 Å². The van der Waals surface area contributed by atoms with Crippen LogP contribution < -0.4 is 11.0 Å². The lowest BCUT2D eigenvalue weighted by atomic mass is 10.1. The highest BCUT2D eigenvalue weighted by Gasteiger charge is 2.22. The zero-order valence-electron chi connectivity index (χ0n) is 17.6. The molecule has 0 unspecified atom stereocenters. The summed E-state index contributed by atoms with van der Waals surface area (Å²) in [4.78, 5) is 30.8. The molecule has 0 aliphatic rings. The number of nitrogens with zero attached hydrogens (tertiary/aromatic N) is 3. The van der Waals surface area contributed by atoms with Crippen molar-refractivity contribution in [2.24, 2.45) is 5.10 Å². The predicted octanol–water partition coefficient (Wildman–Crippen LogP) is 4.44. The number of benzene rings is 3. The van der Waals surface area contributed by atoms with Gasteiger partial charge in [-0.05, 0) is 30.7 Å². The Hall–Kier alpha value is -4.32. The smallest absolute Gasteiger partial charge is 0.263 e. The molecule has 1 amide bonds. The molecule has 6 heteroatoms. The van der Waals surface area contributed by atoms with E-state index < -0.39 is 11.9 Å². The second kappa shape index (κ2) is 9.66. The van der Waals surface area contributed by atoms with Crippen molar-refractivity contribution < 1.29 is 4.79 Å². The lowest BCUT2D eigenvalue weighted by Gasteiger charge is -2.18. The number of hydrogen-bond donors (Lipinski definition) is 1. The van der Waals surface area contributed by atoms with Crippen molar-refractivity contribution in [2.75, 3.05) is 0 Å². The van der Waals surface area contributed by atoms with E-state index in [-0.39, 0.29) is 5.56 Å². The zero-order valence-corrected chi connectivity index (χ0v) is 17.6. The Labute approximate surface area is 185 Å². The molecule has 158 valence electrons. The normalized spacial score (nSPS) is 12.4. The van der Waals surface area contributed by atoms with Gasteiger partial charge in [0, 0.05) is 11.8 Å². The number of para-hydroxylation sites is 1. The minimum atomic E-state index is -0.815. The van der Waals surface area contributed by atoms with E-state index in [1.807, 2.05) is 72.8 Å². The molecule has 0 saturated carbocycles. The van der Waals surface area contributed by atoms with E-state index in [1.165, 1.54) is 10.8 Å². The molecule has 4 aromatic rings. The number of fused-ring (bicyclic) bond motifs is 1. The summed E-state index contributed by atoms with van der Waals surface area (Å²) in [6.07, 6.45) is 5.11. The summed E-state index contributed by atoms with van der Waals surface area (Å²) < 4.78 is 1.42. The first-order valence-corrected chi connectivity index (χ1v) is 10.3. The molecule has 0 saturated heterocycles. The van der Waals surface area contributed by atoms with Crippen LogP contribution in [0.3, 0.4) is 0 Å². The molecule has 1 aromatic heterocycles. The van der Waals surface area contributed by atoms with Crippen LogP contribution in [0, 0.1) is 0 Å². The maximum absolute atomic E-state index is 13.3. The van der Waals surface area contributed by atoms with Crippen LogP contribution in [-0.2, 0) is 4.79 Å². The predicted molar refractivity (Wildman–Crippen MR) is 128 cm³/mol. The topological polar surface area (TPSA) is 76.3 Å². The van der Waals surface area contributed by atoms with Gasteiger partial charge >= 0.3 is 0 Å². The Kier molecular flexibility index (Phi) is 6.32. The average Bonchev–Trinajstić information content (AvgIpc) is 2.84. The number of hydrogen-bond acceptors (Lipinski definition) is 4. The lowest BCUT2D eigenvalue weighted by Crippen LogP contribution is -2.35. The average molecular weight is 422 g/mol. The zero-order chi connectivity index (χ0) is 22.3. The minimum absolute atomic E-state index is 0.273. The number of nitrogens with one attached hydrogen (secondary N) is 1.